The molecular formula is C7H5BrN4. The molecule has 0 aliphatic carbocycles. The van der Waals surface area contributed by atoms with E-state index in [9.17, 15) is 0 Å². The molecule has 0 aliphatic heterocycles. The first-order chi connectivity index (χ1) is 5.86. The third kappa shape index (κ3) is 1.35. The molecule has 0 aliphatic rings. The van der Waals surface area contributed by atoms with Gasteiger partial charge in [0.2, 0.25) is 0 Å². The zero-order chi connectivity index (χ0) is 8.39. The highest BCUT2D eigenvalue weighted by atomic mass is 79.9. The van der Waals surface area contributed by atoms with Gasteiger partial charge in [0.05, 0.1) is 18.1 Å². The van der Waals surface area contributed by atoms with Gasteiger partial charge in [0.15, 0.2) is 0 Å². The van der Waals surface area contributed by atoms with Crippen molar-refractivity contribution in [3.8, 4) is 5.69 Å². The Hall–Kier alpha value is -1.23. The van der Waals surface area contributed by atoms with Gasteiger partial charge >= 0.3 is 0 Å². The van der Waals surface area contributed by atoms with Crippen LogP contribution < -0.4 is 0 Å². The van der Waals surface area contributed by atoms with Crippen LogP contribution >= 0.6 is 15.9 Å². The van der Waals surface area contributed by atoms with Gasteiger partial charge in [0.25, 0.3) is 0 Å². The Labute approximate surface area is 77.4 Å². The number of nitrogens with zero attached hydrogens (tertiary/aromatic N) is 4. The lowest BCUT2D eigenvalue weighted by Gasteiger charge is -1.96. The molecule has 0 amide bonds. The van der Waals surface area contributed by atoms with E-state index in [1.807, 2.05) is 18.3 Å². The van der Waals surface area contributed by atoms with E-state index in [-0.39, 0.29) is 0 Å². The Kier molecular flexibility index (Phi) is 1.87. The Bertz CT molecular complexity index is 370. The molecule has 12 heavy (non-hydrogen) atoms. The predicted octanol–water partition coefficient (Wildman–Crippen LogP) is 1.42. The summed E-state index contributed by atoms with van der Waals surface area (Å²) in [7, 11) is 0. The lowest BCUT2D eigenvalue weighted by Crippen LogP contribution is -1.95. The van der Waals surface area contributed by atoms with E-state index in [0.29, 0.717) is 0 Å². The van der Waals surface area contributed by atoms with Crippen molar-refractivity contribution in [1.82, 2.24) is 20.0 Å². The van der Waals surface area contributed by atoms with Crippen LogP contribution in [0.1, 0.15) is 0 Å². The van der Waals surface area contributed by atoms with Crippen LogP contribution in [0.15, 0.2) is 35.3 Å². The Morgan fingerprint density at radius 2 is 2.17 bits per heavy atom. The average Bonchev–Trinajstić information content (AvgIpc) is 2.54. The van der Waals surface area contributed by atoms with Crippen molar-refractivity contribution in [2.24, 2.45) is 0 Å². The minimum Gasteiger partial charge on any atom is -0.238 e. The molecule has 0 unspecified atom stereocenters. The molecule has 0 radical (unpaired) electrons. The SMILES string of the molecule is Brc1ccn(-c2ccnnc2)n1. The predicted molar refractivity (Wildman–Crippen MR) is 46.9 cm³/mol. The normalized spacial score (nSPS) is 10.1. The van der Waals surface area contributed by atoms with Crippen molar-refractivity contribution in [1.29, 1.82) is 0 Å². The van der Waals surface area contributed by atoms with E-state index < -0.39 is 0 Å². The third-order valence-electron chi connectivity index (χ3n) is 1.39. The molecule has 5 heteroatoms. The van der Waals surface area contributed by atoms with Crippen LogP contribution in [0.4, 0.5) is 0 Å². The van der Waals surface area contributed by atoms with Crippen LogP contribution in [-0.2, 0) is 0 Å². The van der Waals surface area contributed by atoms with Crippen LogP contribution in [0.25, 0.3) is 5.69 Å². The van der Waals surface area contributed by atoms with Crippen LogP contribution in [0.3, 0.4) is 0 Å². The lowest BCUT2D eigenvalue weighted by atomic mass is 10.5. The molecule has 0 aromatic carbocycles. The number of hydrogen-bond donors (Lipinski definition) is 0. The van der Waals surface area contributed by atoms with E-state index in [0.717, 1.165) is 10.3 Å². The number of halogens is 1. The maximum absolute atomic E-state index is 4.15. The lowest BCUT2D eigenvalue weighted by molar-refractivity contribution is 0.851. The van der Waals surface area contributed by atoms with Gasteiger partial charge in [0, 0.05) is 6.20 Å². The molecule has 0 atom stereocenters. The molecule has 4 nitrogen and oxygen atoms in total. The highest BCUT2D eigenvalue weighted by Gasteiger charge is 1.96. The maximum atomic E-state index is 4.15. The maximum Gasteiger partial charge on any atom is 0.128 e. The summed E-state index contributed by atoms with van der Waals surface area (Å²) in [6.45, 7) is 0. The molecule has 0 N–H and O–H groups in total. The summed E-state index contributed by atoms with van der Waals surface area (Å²) in [6, 6.07) is 3.70. The Morgan fingerprint density at radius 3 is 2.75 bits per heavy atom. The fourth-order valence-corrected chi connectivity index (χ4v) is 1.15. The van der Waals surface area contributed by atoms with Crippen molar-refractivity contribution in [3.63, 3.8) is 0 Å². The molecule has 2 aromatic heterocycles. The second kappa shape index (κ2) is 3.02. The monoisotopic (exact) mass is 224 g/mol. The van der Waals surface area contributed by atoms with Gasteiger partial charge in [-0.3, -0.25) is 0 Å². The fourth-order valence-electron chi connectivity index (χ4n) is 0.865. The van der Waals surface area contributed by atoms with Gasteiger partial charge in [-0.05, 0) is 28.1 Å². The smallest absolute Gasteiger partial charge is 0.128 e. The Balaban J connectivity index is 2.45. The van der Waals surface area contributed by atoms with Crippen molar-refractivity contribution < 1.29 is 0 Å². The molecule has 0 spiro atoms. The largest absolute Gasteiger partial charge is 0.238 e. The minimum atomic E-state index is 0.805. The van der Waals surface area contributed by atoms with Gasteiger partial charge in [0.1, 0.15) is 4.60 Å². The fraction of sp³-hybridized carbons (Fsp3) is 0. The second-order valence-corrected chi connectivity index (χ2v) is 3.00. The second-order valence-electron chi connectivity index (χ2n) is 2.18. The van der Waals surface area contributed by atoms with E-state index in [1.54, 1.807) is 17.1 Å². The van der Waals surface area contributed by atoms with Crippen molar-refractivity contribution in [2.45, 2.75) is 0 Å². The summed E-state index contributed by atoms with van der Waals surface area (Å²) in [5, 5.41) is 11.6. The zero-order valence-electron chi connectivity index (χ0n) is 6.05. The van der Waals surface area contributed by atoms with Crippen molar-refractivity contribution >= 4 is 15.9 Å². The van der Waals surface area contributed by atoms with E-state index in [4.69, 9.17) is 0 Å². The number of aromatic nitrogens is 4. The summed E-state index contributed by atoms with van der Waals surface area (Å²) in [5.41, 5.74) is 0.899. The Morgan fingerprint density at radius 1 is 1.25 bits per heavy atom. The molecular weight excluding hydrogens is 220 g/mol. The van der Waals surface area contributed by atoms with E-state index in [1.165, 1.54) is 0 Å². The van der Waals surface area contributed by atoms with Gasteiger partial charge in [-0.15, -0.1) is 0 Å². The average molecular weight is 225 g/mol. The highest BCUT2D eigenvalue weighted by Crippen LogP contribution is 2.08. The number of rotatable bonds is 1. The first-order valence-corrected chi connectivity index (χ1v) is 4.14. The summed E-state index contributed by atoms with van der Waals surface area (Å²) in [5.74, 6) is 0. The topological polar surface area (TPSA) is 43.6 Å². The van der Waals surface area contributed by atoms with Crippen LogP contribution in [0.5, 0.6) is 0 Å². The molecule has 0 fully saturated rings. The molecule has 0 saturated carbocycles. The first-order valence-electron chi connectivity index (χ1n) is 3.34. The minimum absolute atomic E-state index is 0.805. The molecule has 60 valence electrons. The van der Waals surface area contributed by atoms with Crippen LogP contribution in [0, 0.1) is 0 Å². The van der Waals surface area contributed by atoms with Crippen LogP contribution in [0.2, 0.25) is 0 Å². The van der Waals surface area contributed by atoms with Gasteiger partial charge in [-0.1, -0.05) is 0 Å². The molecule has 2 rings (SSSR count). The highest BCUT2D eigenvalue weighted by molar-refractivity contribution is 9.10. The van der Waals surface area contributed by atoms with E-state index >= 15 is 0 Å². The number of hydrogen-bond acceptors (Lipinski definition) is 3. The molecule has 0 saturated heterocycles. The van der Waals surface area contributed by atoms with E-state index in [2.05, 4.69) is 31.2 Å². The quantitative estimate of drug-likeness (QED) is 0.737. The molecule has 0 bridgehead atoms. The van der Waals surface area contributed by atoms with Gasteiger partial charge in [-0.25, -0.2) is 4.68 Å². The standard InChI is InChI=1S/C7H5BrN4/c8-7-2-4-12(11-7)6-1-3-9-10-5-6/h1-5H. The summed E-state index contributed by atoms with van der Waals surface area (Å²) in [4.78, 5) is 0. The third-order valence-corrected chi connectivity index (χ3v) is 1.81. The van der Waals surface area contributed by atoms with Gasteiger partial charge in [-0.2, -0.15) is 15.3 Å². The van der Waals surface area contributed by atoms with Crippen molar-refractivity contribution in [2.75, 3.05) is 0 Å². The first kappa shape index (κ1) is 7.42. The van der Waals surface area contributed by atoms with Crippen molar-refractivity contribution in [3.05, 3.63) is 35.3 Å². The van der Waals surface area contributed by atoms with Crippen LogP contribution in [-0.4, -0.2) is 20.0 Å². The molecule has 2 aromatic rings. The van der Waals surface area contributed by atoms with Gasteiger partial charge < -0.3 is 0 Å². The molecule has 2 heterocycles. The summed E-state index contributed by atoms with van der Waals surface area (Å²) < 4.78 is 2.53. The summed E-state index contributed by atoms with van der Waals surface area (Å²) >= 11 is 3.26. The zero-order valence-corrected chi connectivity index (χ0v) is 7.64. The summed E-state index contributed by atoms with van der Waals surface area (Å²) in [6.07, 6.45) is 5.13.